The number of nitrogens with one attached hydrogen (secondary N) is 1. The first-order chi connectivity index (χ1) is 10.2. The van der Waals surface area contributed by atoms with E-state index in [2.05, 4.69) is 30.4 Å². The van der Waals surface area contributed by atoms with Crippen molar-refractivity contribution in [2.24, 2.45) is 0 Å². The molecule has 0 bridgehead atoms. The number of carbonyl (C=O) groups is 1. The molecule has 0 fully saturated rings. The molecule has 0 saturated carbocycles. The lowest BCUT2D eigenvalue weighted by Crippen LogP contribution is -2.30. The van der Waals surface area contributed by atoms with Gasteiger partial charge in [0.05, 0.1) is 6.07 Å². The molecule has 0 heterocycles. The fourth-order valence-corrected chi connectivity index (χ4v) is 2.24. The SMILES string of the molecule is Cc1ccccc1CCNC(=O)C(C#N)c1ccccc1. The summed E-state index contributed by atoms with van der Waals surface area (Å²) in [6, 6.07) is 19.3. The lowest BCUT2D eigenvalue weighted by atomic mass is 9.99. The average Bonchev–Trinajstić information content (AvgIpc) is 2.51. The first-order valence-corrected chi connectivity index (χ1v) is 6.99. The number of rotatable bonds is 5. The Bertz CT molecular complexity index is 644. The summed E-state index contributed by atoms with van der Waals surface area (Å²) in [5.41, 5.74) is 3.16. The van der Waals surface area contributed by atoms with Gasteiger partial charge in [0.25, 0.3) is 0 Å². The number of nitriles is 1. The van der Waals surface area contributed by atoms with Crippen LogP contribution in [0.2, 0.25) is 0 Å². The van der Waals surface area contributed by atoms with Crippen LogP contribution in [0.3, 0.4) is 0 Å². The zero-order valence-electron chi connectivity index (χ0n) is 12.0. The normalized spacial score (nSPS) is 11.4. The molecule has 2 rings (SSSR count). The van der Waals surface area contributed by atoms with Gasteiger partial charge in [-0.3, -0.25) is 4.79 Å². The van der Waals surface area contributed by atoms with Crippen LogP contribution in [0, 0.1) is 18.3 Å². The fraction of sp³-hybridized carbons (Fsp3) is 0.222. The third-order valence-corrected chi connectivity index (χ3v) is 3.48. The second-order valence-electron chi connectivity index (χ2n) is 4.94. The Hall–Kier alpha value is -2.60. The minimum Gasteiger partial charge on any atom is -0.354 e. The standard InChI is InChI=1S/C18H18N2O/c1-14-7-5-6-8-15(14)11-12-20-18(21)17(13-19)16-9-3-2-4-10-16/h2-10,17H,11-12H2,1H3,(H,20,21). The molecule has 3 nitrogen and oxygen atoms in total. The molecule has 1 unspecified atom stereocenters. The molecule has 1 N–H and O–H groups in total. The summed E-state index contributed by atoms with van der Waals surface area (Å²) in [6.45, 7) is 2.59. The van der Waals surface area contributed by atoms with Crippen LogP contribution >= 0.6 is 0 Å². The Morgan fingerprint density at radius 2 is 1.81 bits per heavy atom. The van der Waals surface area contributed by atoms with Gasteiger partial charge < -0.3 is 5.32 Å². The van der Waals surface area contributed by atoms with Crippen LogP contribution in [0.5, 0.6) is 0 Å². The van der Waals surface area contributed by atoms with Crippen LogP contribution in [0.4, 0.5) is 0 Å². The van der Waals surface area contributed by atoms with Crippen LogP contribution in [-0.2, 0) is 11.2 Å². The van der Waals surface area contributed by atoms with Gasteiger partial charge in [0.2, 0.25) is 5.91 Å². The maximum Gasteiger partial charge on any atom is 0.241 e. The largest absolute Gasteiger partial charge is 0.354 e. The van der Waals surface area contributed by atoms with Crippen LogP contribution in [0.25, 0.3) is 0 Å². The van der Waals surface area contributed by atoms with E-state index in [-0.39, 0.29) is 5.91 Å². The predicted octanol–water partition coefficient (Wildman–Crippen LogP) is 2.96. The van der Waals surface area contributed by atoms with E-state index in [9.17, 15) is 10.1 Å². The quantitative estimate of drug-likeness (QED) is 0.914. The molecule has 21 heavy (non-hydrogen) atoms. The fourth-order valence-electron chi connectivity index (χ4n) is 2.24. The Balaban J connectivity index is 1.93. The topological polar surface area (TPSA) is 52.9 Å². The van der Waals surface area contributed by atoms with Crippen molar-refractivity contribution in [3.05, 3.63) is 71.3 Å². The predicted molar refractivity (Wildman–Crippen MR) is 82.7 cm³/mol. The average molecular weight is 278 g/mol. The molecule has 1 atom stereocenters. The van der Waals surface area contributed by atoms with E-state index in [0.29, 0.717) is 6.54 Å². The number of carbonyl (C=O) groups excluding carboxylic acids is 1. The smallest absolute Gasteiger partial charge is 0.241 e. The Labute approximate surface area is 125 Å². The van der Waals surface area contributed by atoms with Gasteiger partial charge in [-0.15, -0.1) is 0 Å². The lowest BCUT2D eigenvalue weighted by Gasteiger charge is -2.11. The van der Waals surface area contributed by atoms with E-state index in [0.717, 1.165) is 12.0 Å². The molecule has 2 aromatic rings. The van der Waals surface area contributed by atoms with Gasteiger partial charge in [0.15, 0.2) is 0 Å². The van der Waals surface area contributed by atoms with Crippen molar-refractivity contribution in [3.8, 4) is 6.07 Å². The summed E-state index contributed by atoms with van der Waals surface area (Å²) in [5.74, 6) is -0.986. The highest BCUT2D eigenvalue weighted by Gasteiger charge is 2.19. The van der Waals surface area contributed by atoms with E-state index in [4.69, 9.17) is 0 Å². The van der Waals surface area contributed by atoms with Crippen molar-refractivity contribution in [2.75, 3.05) is 6.54 Å². The molecule has 0 aliphatic carbocycles. The molecule has 1 amide bonds. The van der Waals surface area contributed by atoms with E-state index in [1.54, 1.807) is 12.1 Å². The van der Waals surface area contributed by atoms with Crippen molar-refractivity contribution in [1.82, 2.24) is 5.32 Å². The van der Waals surface area contributed by atoms with Crippen molar-refractivity contribution < 1.29 is 4.79 Å². The van der Waals surface area contributed by atoms with Gasteiger partial charge in [0, 0.05) is 6.54 Å². The third kappa shape index (κ3) is 3.93. The zero-order valence-corrected chi connectivity index (χ0v) is 12.0. The van der Waals surface area contributed by atoms with Crippen molar-refractivity contribution in [3.63, 3.8) is 0 Å². The van der Waals surface area contributed by atoms with E-state index < -0.39 is 5.92 Å². The highest BCUT2D eigenvalue weighted by molar-refractivity contribution is 5.86. The van der Waals surface area contributed by atoms with Crippen LogP contribution < -0.4 is 5.32 Å². The second kappa shape index (κ2) is 7.25. The monoisotopic (exact) mass is 278 g/mol. The van der Waals surface area contributed by atoms with Crippen molar-refractivity contribution >= 4 is 5.91 Å². The van der Waals surface area contributed by atoms with E-state index >= 15 is 0 Å². The maximum atomic E-state index is 12.1. The molecule has 0 aromatic heterocycles. The van der Waals surface area contributed by atoms with Gasteiger partial charge in [-0.2, -0.15) is 5.26 Å². The summed E-state index contributed by atoms with van der Waals surface area (Å²) in [4.78, 5) is 12.1. The molecule has 0 saturated heterocycles. The molecule has 106 valence electrons. The summed E-state index contributed by atoms with van der Waals surface area (Å²) >= 11 is 0. The highest BCUT2D eigenvalue weighted by Crippen LogP contribution is 2.14. The van der Waals surface area contributed by atoms with E-state index in [1.165, 1.54) is 11.1 Å². The van der Waals surface area contributed by atoms with E-state index in [1.807, 2.05) is 30.3 Å². The number of aryl methyl sites for hydroxylation is 1. The van der Waals surface area contributed by atoms with Crippen LogP contribution in [0.15, 0.2) is 54.6 Å². The molecular formula is C18H18N2O. The number of nitrogens with zero attached hydrogens (tertiary/aromatic N) is 1. The molecule has 0 radical (unpaired) electrons. The summed E-state index contributed by atoms with van der Waals surface area (Å²) in [6.07, 6.45) is 0.769. The molecule has 0 spiro atoms. The van der Waals surface area contributed by atoms with Crippen molar-refractivity contribution in [1.29, 1.82) is 5.26 Å². The second-order valence-corrected chi connectivity index (χ2v) is 4.94. The number of hydrogen-bond acceptors (Lipinski definition) is 2. The lowest BCUT2D eigenvalue weighted by molar-refractivity contribution is -0.121. The number of hydrogen-bond donors (Lipinski definition) is 1. The first kappa shape index (κ1) is 14.8. The van der Waals surface area contributed by atoms with Gasteiger partial charge in [-0.05, 0) is 30.0 Å². The first-order valence-electron chi connectivity index (χ1n) is 6.99. The number of amides is 1. The Morgan fingerprint density at radius 3 is 2.48 bits per heavy atom. The van der Waals surface area contributed by atoms with Gasteiger partial charge in [0.1, 0.15) is 5.92 Å². The minimum absolute atomic E-state index is 0.239. The third-order valence-electron chi connectivity index (χ3n) is 3.48. The Kier molecular flexibility index (Phi) is 5.11. The summed E-state index contributed by atoms with van der Waals surface area (Å²) in [5, 5.41) is 12.0. The molecular weight excluding hydrogens is 260 g/mol. The molecule has 0 aliphatic heterocycles. The van der Waals surface area contributed by atoms with Gasteiger partial charge >= 0.3 is 0 Å². The van der Waals surface area contributed by atoms with Gasteiger partial charge in [-0.1, -0.05) is 54.6 Å². The number of benzene rings is 2. The highest BCUT2D eigenvalue weighted by atomic mass is 16.1. The maximum absolute atomic E-state index is 12.1. The van der Waals surface area contributed by atoms with Crippen LogP contribution in [0.1, 0.15) is 22.6 Å². The van der Waals surface area contributed by atoms with Crippen molar-refractivity contribution in [2.45, 2.75) is 19.3 Å². The molecule has 0 aliphatic rings. The zero-order chi connectivity index (χ0) is 15.1. The summed E-state index contributed by atoms with van der Waals surface area (Å²) in [7, 11) is 0. The minimum atomic E-state index is -0.747. The molecule has 3 heteroatoms. The van der Waals surface area contributed by atoms with Crippen LogP contribution in [-0.4, -0.2) is 12.5 Å². The Morgan fingerprint density at radius 1 is 1.14 bits per heavy atom. The summed E-state index contributed by atoms with van der Waals surface area (Å²) < 4.78 is 0. The van der Waals surface area contributed by atoms with Gasteiger partial charge in [-0.25, -0.2) is 0 Å². The molecule has 2 aromatic carbocycles.